The predicted molar refractivity (Wildman–Crippen MR) is 109 cm³/mol. The topological polar surface area (TPSA) is 80.9 Å². The highest BCUT2D eigenvalue weighted by Gasteiger charge is 2.27. The molecule has 1 unspecified atom stereocenters. The number of aromatic nitrogens is 1. The van der Waals surface area contributed by atoms with Crippen LogP contribution in [0.5, 0.6) is 11.5 Å². The molecule has 1 aromatic heterocycles. The summed E-state index contributed by atoms with van der Waals surface area (Å²) in [4.78, 5) is 29.4. The quantitative estimate of drug-likeness (QED) is 0.736. The minimum Gasteiger partial charge on any atom is -0.497 e. The summed E-state index contributed by atoms with van der Waals surface area (Å²) >= 11 is 0. The number of aromatic amines is 1. The van der Waals surface area contributed by atoms with E-state index < -0.39 is 0 Å². The lowest BCUT2D eigenvalue weighted by molar-refractivity contribution is -0.0229. The lowest BCUT2D eigenvalue weighted by Gasteiger charge is -2.33. The summed E-state index contributed by atoms with van der Waals surface area (Å²) in [6, 6.07) is 13.3. The molecule has 1 N–H and O–H groups in total. The van der Waals surface area contributed by atoms with Crippen LogP contribution in [0.1, 0.15) is 22.2 Å². The van der Waals surface area contributed by atoms with Gasteiger partial charge in [0, 0.05) is 18.8 Å². The number of carbonyl (C=O) groups excluding carboxylic acids is 1. The van der Waals surface area contributed by atoms with Crippen molar-refractivity contribution in [2.75, 3.05) is 33.9 Å². The van der Waals surface area contributed by atoms with Gasteiger partial charge in [-0.05, 0) is 34.5 Å². The fourth-order valence-electron chi connectivity index (χ4n) is 3.52. The van der Waals surface area contributed by atoms with Crippen LogP contribution in [0.15, 0.2) is 53.5 Å². The number of benzene rings is 2. The van der Waals surface area contributed by atoms with E-state index in [-0.39, 0.29) is 28.9 Å². The molecule has 1 saturated heterocycles. The van der Waals surface area contributed by atoms with E-state index in [1.54, 1.807) is 12.0 Å². The molecule has 29 heavy (non-hydrogen) atoms. The molecule has 0 bridgehead atoms. The van der Waals surface area contributed by atoms with E-state index in [4.69, 9.17) is 14.2 Å². The zero-order valence-electron chi connectivity index (χ0n) is 16.3. The Morgan fingerprint density at radius 1 is 1.10 bits per heavy atom. The number of morpholine rings is 1. The van der Waals surface area contributed by atoms with Gasteiger partial charge in [-0.2, -0.15) is 0 Å². The normalized spacial score (nSPS) is 16.6. The van der Waals surface area contributed by atoms with Gasteiger partial charge in [-0.3, -0.25) is 9.59 Å². The van der Waals surface area contributed by atoms with Gasteiger partial charge in [0.25, 0.3) is 5.91 Å². The van der Waals surface area contributed by atoms with Crippen LogP contribution in [0.25, 0.3) is 10.8 Å². The summed E-state index contributed by atoms with van der Waals surface area (Å²) in [6.45, 7) is 1.31. The van der Waals surface area contributed by atoms with E-state index in [1.807, 2.05) is 30.3 Å². The fraction of sp³-hybridized carbons (Fsp3) is 0.273. The molecule has 1 aliphatic heterocycles. The second-order valence-electron chi connectivity index (χ2n) is 6.86. The number of carbonyl (C=O) groups is 1. The number of hydrogen-bond donors (Lipinski definition) is 1. The maximum atomic E-state index is 12.9. The molecule has 1 atom stereocenters. The minimum absolute atomic E-state index is 0.175. The van der Waals surface area contributed by atoms with Crippen molar-refractivity contribution in [2.45, 2.75) is 6.10 Å². The van der Waals surface area contributed by atoms with Gasteiger partial charge in [-0.15, -0.1) is 0 Å². The van der Waals surface area contributed by atoms with Crippen molar-refractivity contribution in [3.05, 3.63) is 70.1 Å². The van der Waals surface area contributed by atoms with Gasteiger partial charge in [0.15, 0.2) is 5.75 Å². The van der Waals surface area contributed by atoms with Crippen LogP contribution in [0.3, 0.4) is 0 Å². The van der Waals surface area contributed by atoms with E-state index in [0.29, 0.717) is 19.7 Å². The highest BCUT2D eigenvalue weighted by molar-refractivity contribution is 5.92. The van der Waals surface area contributed by atoms with Crippen molar-refractivity contribution in [3.63, 3.8) is 0 Å². The molecule has 0 radical (unpaired) electrons. The Morgan fingerprint density at radius 2 is 1.90 bits per heavy atom. The molecule has 7 heteroatoms. The zero-order chi connectivity index (χ0) is 20.4. The number of nitrogens with zero attached hydrogens (tertiary/aromatic N) is 1. The molecule has 1 fully saturated rings. The van der Waals surface area contributed by atoms with E-state index >= 15 is 0 Å². The molecule has 0 aliphatic carbocycles. The van der Waals surface area contributed by atoms with Crippen LogP contribution in [0.4, 0.5) is 0 Å². The standard InChI is InChI=1S/C22H22N2O5/c1-27-17-6-5-14-9-16(4-3-15(14)10-17)21-13-24(7-8-29-21)22(26)18-11-19(25)20(28-2)12-23-18/h3-6,9-12,21H,7-8,13H2,1-2H3,(H,23,25). The van der Waals surface area contributed by atoms with E-state index in [2.05, 4.69) is 11.1 Å². The third-order valence-corrected chi connectivity index (χ3v) is 5.12. The maximum absolute atomic E-state index is 12.9. The third kappa shape index (κ3) is 3.82. The summed E-state index contributed by atoms with van der Waals surface area (Å²) < 4.78 is 16.1. The Bertz CT molecular complexity index is 1110. The summed E-state index contributed by atoms with van der Waals surface area (Å²) in [7, 11) is 3.06. The highest BCUT2D eigenvalue weighted by atomic mass is 16.5. The van der Waals surface area contributed by atoms with Gasteiger partial charge in [-0.25, -0.2) is 0 Å². The molecule has 2 aromatic carbocycles. The first-order valence-corrected chi connectivity index (χ1v) is 9.34. The van der Waals surface area contributed by atoms with Gasteiger partial charge in [0.05, 0.1) is 27.4 Å². The first kappa shape index (κ1) is 19.0. The van der Waals surface area contributed by atoms with Gasteiger partial charge < -0.3 is 24.1 Å². The minimum atomic E-state index is -0.329. The summed E-state index contributed by atoms with van der Waals surface area (Å²) in [5.41, 5.74) is 0.912. The molecule has 2 heterocycles. The summed E-state index contributed by atoms with van der Waals surface area (Å²) in [5, 5.41) is 2.16. The number of rotatable bonds is 4. The average molecular weight is 394 g/mol. The van der Waals surface area contributed by atoms with Crippen molar-refractivity contribution < 1.29 is 19.0 Å². The molecule has 1 amide bonds. The molecular formula is C22H22N2O5. The number of hydrogen-bond acceptors (Lipinski definition) is 5. The van der Waals surface area contributed by atoms with Crippen molar-refractivity contribution in [2.24, 2.45) is 0 Å². The monoisotopic (exact) mass is 394 g/mol. The van der Waals surface area contributed by atoms with Gasteiger partial charge in [0.2, 0.25) is 5.43 Å². The molecule has 4 rings (SSSR count). The average Bonchev–Trinajstić information content (AvgIpc) is 2.77. The highest BCUT2D eigenvalue weighted by Crippen LogP contribution is 2.28. The number of H-pyrrole nitrogens is 1. The van der Waals surface area contributed by atoms with Crippen LogP contribution in [0.2, 0.25) is 0 Å². The van der Waals surface area contributed by atoms with Crippen molar-refractivity contribution in [1.82, 2.24) is 9.88 Å². The van der Waals surface area contributed by atoms with Crippen molar-refractivity contribution in [3.8, 4) is 11.5 Å². The Kier molecular flexibility index (Phi) is 5.22. The van der Waals surface area contributed by atoms with Crippen LogP contribution in [-0.2, 0) is 4.74 Å². The first-order valence-electron chi connectivity index (χ1n) is 9.34. The largest absolute Gasteiger partial charge is 0.497 e. The molecule has 1 aliphatic rings. The van der Waals surface area contributed by atoms with Crippen LogP contribution in [-0.4, -0.2) is 49.7 Å². The first-order chi connectivity index (χ1) is 14.1. The SMILES string of the molecule is COc1ccc2cc(C3CN(C(=O)c4cc(=O)c(OC)c[nH]4)CCO3)ccc2c1. The van der Waals surface area contributed by atoms with Crippen molar-refractivity contribution in [1.29, 1.82) is 0 Å². The molecule has 0 saturated carbocycles. The smallest absolute Gasteiger partial charge is 0.270 e. The molecular weight excluding hydrogens is 372 g/mol. The van der Waals surface area contributed by atoms with Crippen LogP contribution >= 0.6 is 0 Å². The molecule has 0 spiro atoms. The molecule has 7 nitrogen and oxygen atoms in total. The zero-order valence-corrected chi connectivity index (χ0v) is 16.3. The van der Waals surface area contributed by atoms with Gasteiger partial charge in [0.1, 0.15) is 17.5 Å². The van der Waals surface area contributed by atoms with E-state index in [9.17, 15) is 9.59 Å². The number of pyridine rings is 1. The molecule has 3 aromatic rings. The number of amides is 1. The Morgan fingerprint density at radius 3 is 2.66 bits per heavy atom. The second kappa shape index (κ2) is 7.97. The summed E-state index contributed by atoms with van der Waals surface area (Å²) in [6.07, 6.45) is 1.18. The lowest BCUT2D eigenvalue weighted by Crippen LogP contribution is -2.42. The number of ether oxygens (including phenoxy) is 3. The lowest BCUT2D eigenvalue weighted by atomic mass is 10.0. The van der Waals surface area contributed by atoms with Gasteiger partial charge in [-0.1, -0.05) is 18.2 Å². The van der Waals surface area contributed by atoms with Crippen molar-refractivity contribution >= 4 is 16.7 Å². The number of nitrogens with one attached hydrogen (secondary N) is 1. The number of fused-ring (bicyclic) bond motifs is 1. The van der Waals surface area contributed by atoms with Crippen LogP contribution < -0.4 is 14.9 Å². The number of methoxy groups -OCH3 is 2. The van der Waals surface area contributed by atoms with E-state index in [0.717, 1.165) is 22.1 Å². The fourth-order valence-corrected chi connectivity index (χ4v) is 3.52. The van der Waals surface area contributed by atoms with Crippen LogP contribution in [0, 0.1) is 0 Å². The Labute approximate surface area is 167 Å². The Hall–Kier alpha value is -3.32. The maximum Gasteiger partial charge on any atom is 0.270 e. The predicted octanol–water partition coefficient (Wildman–Crippen LogP) is 2.76. The Balaban J connectivity index is 1.55. The van der Waals surface area contributed by atoms with E-state index in [1.165, 1.54) is 19.4 Å². The second-order valence-corrected chi connectivity index (χ2v) is 6.86. The summed E-state index contributed by atoms with van der Waals surface area (Å²) in [5.74, 6) is 0.752. The molecule has 150 valence electrons. The van der Waals surface area contributed by atoms with Gasteiger partial charge >= 0.3 is 0 Å². The third-order valence-electron chi connectivity index (χ3n) is 5.12.